The Morgan fingerprint density at radius 1 is 1.28 bits per heavy atom. The minimum atomic E-state index is 0.0791. The van der Waals surface area contributed by atoms with Crippen molar-refractivity contribution in [3.05, 3.63) is 42.4 Å². The van der Waals surface area contributed by atoms with Crippen molar-refractivity contribution in [3.8, 4) is 0 Å². The number of anilines is 1. The van der Waals surface area contributed by atoms with Crippen LogP contribution in [-0.2, 0) is 6.54 Å². The molecule has 3 heterocycles. The summed E-state index contributed by atoms with van der Waals surface area (Å²) in [6.07, 6.45) is 8.70. The van der Waals surface area contributed by atoms with Crippen LogP contribution in [0.5, 0.6) is 0 Å². The normalized spacial score (nSPS) is 17.5. The summed E-state index contributed by atoms with van der Waals surface area (Å²) in [6.45, 7) is 7.60. The molecule has 0 aliphatic carbocycles. The van der Waals surface area contributed by atoms with E-state index < -0.39 is 0 Å². The number of aromatic nitrogens is 3. The van der Waals surface area contributed by atoms with Gasteiger partial charge in [0.2, 0.25) is 0 Å². The van der Waals surface area contributed by atoms with Crippen molar-refractivity contribution in [1.29, 1.82) is 0 Å². The second kappa shape index (κ2) is 8.14. The Hall–Kier alpha value is -2.37. The van der Waals surface area contributed by atoms with Gasteiger partial charge in [-0.1, -0.05) is 0 Å². The molecule has 6 heteroatoms. The lowest BCUT2D eigenvalue weighted by Crippen LogP contribution is -2.46. The zero-order chi connectivity index (χ0) is 17.6. The Morgan fingerprint density at radius 3 is 2.76 bits per heavy atom. The SMILES string of the molecule is CCN(CC)c1ccc(C(=O)N2CCCCC2Cn2cccn2)cn1. The van der Waals surface area contributed by atoms with Crippen LogP contribution in [0.1, 0.15) is 43.5 Å². The third-order valence-electron chi connectivity index (χ3n) is 4.93. The highest BCUT2D eigenvalue weighted by Gasteiger charge is 2.28. The molecule has 3 rings (SSSR count). The van der Waals surface area contributed by atoms with Crippen molar-refractivity contribution < 1.29 is 4.79 Å². The van der Waals surface area contributed by atoms with E-state index in [1.165, 1.54) is 0 Å². The van der Waals surface area contributed by atoms with Crippen LogP contribution in [0, 0.1) is 0 Å². The molecule has 134 valence electrons. The van der Waals surface area contributed by atoms with Gasteiger partial charge in [-0.15, -0.1) is 0 Å². The number of nitrogens with zero attached hydrogens (tertiary/aromatic N) is 5. The van der Waals surface area contributed by atoms with Gasteiger partial charge >= 0.3 is 0 Å². The number of hydrogen-bond acceptors (Lipinski definition) is 4. The molecule has 6 nitrogen and oxygen atoms in total. The fourth-order valence-electron chi connectivity index (χ4n) is 3.50. The molecule has 2 aromatic heterocycles. The lowest BCUT2D eigenvalue weighted by atomic mass is 10.0. The number of piperidine rings is 1. The molecule has 1 amide bonds. The zero-order valence-electron chi connectivity index (χ0n) is 15.1. The topological polar surface area (TPSA) is 54.3 Å². The van der Waals surface area contributed by atoms with Crippen molar-refractivity contribution in [2.75, 3.05) is 24.5 Å². The first kappa shape index (κ1) is 17.5. The van der Waals surface area contributed by atoms with Crippen molar-refractivity contribution in [3.63, 3.8) is 0 Å². The van der Waals surface area contributed by atoms with E-state index in [1.807, 2.05) is 34.0 Å². The van der Waals surface area contributed by atoms with Gasteiger partial charge < -0.3 is 9.80 Å². The van der Waals surface area contributed by atoms with Gasteiger partial charge in [-0.3, -0.25) is 9.48 Å². The monoisotopic (exact) mass is 341 g/mol. The Labute approximate surface area is 149 Å². The average molecular weight is 341 g/mol. The summed E-state index contributed by atoms with van der Waals surface area (Å²) in [7, 11) is 0. The molecule has 1 unspecified atom stereocenters. The van der Waals surface area contributed by atoms with Crippen molar-refractivity contribution in [1.82, 2.24) is 19.7 Å². The maximum atomic E-state index is 13.0. The molecular weight excluding hydrogens is 314 g/mol. The maximum absolute atomic E-state index is 13.0. The first-order valence-corrected chi connectivity index (χ1v) is 9.22. The lowest BCUT2D eigenvalue weighted by Gasteiger charge is -2.35. The molecule has 0 aromatic carbocycles. The summed E-state index contributed by atoms with van der Waals surface area (Å²) in [4.78, 5) is 21.7. The number of amides is 1. The predicted octanol–water partition coefficient (Wildman–Crippen LogP) is 2.82. The van der Waals surface area contributed by atoms with E-state index in [0.717, 1.165) is 51.3 Å². The molecule has 0 radical (unpaired) electrons. The van der Waals surface area contributed by atoms with E-state index in [0.29, 0.717) is 5.56 Å². The van der Waals surface area contributed by atoms with E-state index in [-0.39, 0.29) is 11.9 Å². The van der Waals surface area contributed by atoms with E-state index in [9.17, 15) is 4.79 Å². The van der Waals surface area contributed by atoms with E-state index in [1.54, 1.807) is 12.4 Å². The van der Waals surface area contributed by atoms with Crippen LogP contribution in [0.15, 0.2) is 36.8 Å². The third kappa shape index (κ3) is 4.00. The van der Waals surface area contributed by atoms with Crippen molar-refractivity contribution in [2.24, 2.45) is 0 Å². The molecule has 0 spiro atoms. The Bertz CT molecular complexity index is 664. The predicted molar refractivity (Wildman–Crippen MR) is 98.7 cm³/mol. The minimum Gasteiger partial charge on any atom is -0.357 e. The van der Waals surface area contributed by atoms with E-state index >= 15 is 0 Å². The van der Waals surface area contributed by atoms with Crippen LogP contribution < -0.4 is 4.90 Å². The summed E-state index contributed by atoms with van der Waals surface area (Å²) in [5, 5.41) is 4.29. The van der Waals surface area contributed by atoms with E-state index in [4.69, 9.17) is 0 Å². The molecule has 0 N–H and O–H groups in total. The van der Waals surface area contributed by atoms with Crippen LogP contribution in [0.25, 0.3) is 0 Å². The lowest BCUT2D eigenvalue weighted by molar-refractivity contribution is 0.0583. The third-order valence-corrected chi connectivity index (χ3v) is 4.93. The number of rotatable bonds is 6. The van der Waals surface area contributed by atoms with Gasteiger partial charge in [0.1, 0.15) is 5.82 Å². The zero-order valence-corrected chi connectivity index (χ0v) is 15.1. The Kier molecular flexibility index (Phi) is 5.68. The minimum absolute atomic E-state index is 0.0791. The number of carbonyl (C=O) groups is 1. The molecular formula is C19H27N5O. The van der Waals surface area contributed by atoms with Gasteiger partial charge in [-0.25, -0.2) is 4.98 Å². The summed E-state index contributed by atoms with van der Waals surface area (Å²) >= 11 is 0. The number of pyridine rings is 1. The number of hydrogen-bond donors (Lipinski definition) is 0. The molecule has 2 aromatic rings. The molecule has 1 aliphatic heterocycles. The van der Waals surface area contributed by atoms with E-state index in [2.05, 4.69) is 28.8 Å². The van der Waals surface area contributed by atoms with Crippen LogP contribution in [0.3, 0.4) is 0 Å². The second-order valence-electron chi connectivity index (χ2n) is 6.45. The van der Waals surface area contributed by atoms with Crippen LogP contribution in [-0.4, -0.2) is 51.2 Å². The van der Waals surface area contributed by atoms with Gasteiger partial charge in [-0.2, -0.15) is 5.10 Å². The number of likely N-dealkylation sites (tertiary alicyclic amines) is 1. The van der Waals surface area contributed by atoms with Gasteiger partial charge in [0.05, 0.1) is 18.2 Å². The average Bonchev–Trinajstić information content (AvgIpc) is 3.16. The fraction of sp³-hybridized carbons (Fsp3) is 0.526. The first-order chi connectivity index (χ1) is 12.2. The van der Waals surface area contributed by atoms with Gasteiger partial charge in [0.15, 0.2) is 0 Å². The van der Waals surface area contributed by atoms with Crippen LogP contribution >= 0.6 is 0 Å². The summed E-state index contributed by atoms with van der Waals surface area (Å²) < 4.78 is 1.91. The van der Waals surface area contributed by atoms with Gasteiger partial charge in [0, 0.05) is 38.2 Å². The highest BCUT2D eigenvalue weighted by atomic mass is 16.2. The standard InChI is InChI=1S/C19H27N5O/c1-3-22(4-2)18-10-9-16(14-20-18)19(25)24-13-6-5-8-17(24)15-23-12-7-11-21-23/h7,9-12,14,17H,3-6,8,13,15H2,1-2H3. The van der Waals surface area contributed by atoms with Gasteiger partial charge in [-0.05, 0) is 51.3 Å². The highest BCUT2D eigenvalue weighted by Crippen LogP contribution is 2.21. The molecule has 0 saturated carbocycles. The van der Waals surface area contributed by atoms with Crippen molar-refractivity contribution >= 4 is 11.7 Å². The Morgan fingerprint density at radius 2 is 2.12 bits per heavy atom. The van der Waals surface area contributed by atoms with Gasteiger partial charge in [0.25, 0.3) is 5.91 Å². The Balaban J connectivity index is 1.73. The summed E-state index contributed by atoms with van der Waals surface area (Å²) in [6, 6.07) is 5.98. The second-order valence-corrected chi connectivity index (χ2v) is 6.45. The molecule has 1 atom stereocenters. The largest absolute Gasteiger partial charge is 0.357 e. The summed E-state index contributed by atoms with van der Waals surface area (Å²) in [5.74, 6) is 1.00. The quantitative estimate of drug-likeness (QED) is 0.811. The molecule has 25 heavy (non-hydrogen) atoms. The first-order valence-electron chi connectivity index (χ1n) is 9.22. The smallest absolute Gasteiger partial charge is 0.255 e. The molecule has 1 fully saturated rings. The molecule has 1 saturated heterocycles. The maximum Gasteiger partial charge on any atom is 0.255 e. The number of carbonyl (C=O) groups excluding carboxylic acids is 1. The molecule has 0 bridgehead atoms. The van der Waals surface area contributed by atoms with Crippen molar-refractivity contribution in [2.45, 2.75) is 45.7 Å². The highest BCUT2D eigenvalue weighted by molar-refractivity contribution is 5.94. The van der Waals surface area contributed by atoms with Crippen LogP contribution in [0.2, 0.25) is 0 Å². The summed E-state index contributed by atoms with van der Waals surface area (Å²) in [5.41, 5.74) is 0.670. The molecule has 1 aliphatic rings. The van der Waals surface area contributed by atoms with Crippen LogP contribution in [0.4, 0.5) is 5.82 Å². The fourth-order valence-corrected chi connectivity index (χ4v) is 3.50.